The van der Waals surface area contributed by atoms with Gasteiger partial charge in [-0.25, -0.2) is 9.97 Å². The third kappa shape index (κ3) is 4.63. The number of nitrogens with one attached hydrogen (secondary N) is 2. The van der Waals surface area contributed by atoms with Crippen LogP contribution in [0.2, 0.25) is 0 Å². The summed E-state index contributed by atoms with van der Waals surface area (Å²) in [5, 5.41) is 7.39. The molecule has 4 heterocycles. The Kier molecular flexibility index (Phi) is 6.05. The van der Waals surface area contributed by atoms with Crippen molar-refractivity contribution in [1.29, 1.82) is 0 Å². The summed E-state index contributed by atoms with van der Waals surface area (Å²) >= 11 is 0. The van der Waals surface area contributed by atoms with Crippen LogP contribution in [0.4, 0.5) is 22.7 Å². The van der Waals surface area contributed by atoms with Crippen LogP contribution in [0.1, 0.15) is 22.3 Å². The topological polar surface area (TPSA) is 59.1 Å². The summed E-state index contributed by atoms with van der Waals surface area (Å²) in [5.74, 6) is 1.25. The zero-order valence-electron chi connectivity index (χ0n) is 23.2. The fraction of sp³-hybridized carbons (Fsp3) is 0. The van der Waals surface area contributed by atoms with E-state index in [1.165, 1.54) is 0 Å². The molecule has 0 spiro atoms. The standard InChI is InChI=1S/C38H26N4O/c1-2-15-31-25(9-1)20-21-26-10-5-13-29(36(26)41-31)32-16-8-17-33(40-32)30-14-6-11-27-22-23-28-12-7-18-34(38(28)42-37(27)30)43-35-19-3-4-24-39-35/h1-24,41-42H. The van der Waals surface area contributed by atoms with Crippen molar-refractivity contribution >= 4 is 47.1 Å². The van der Waals surface area contributed by atoms with E-state index in [0.29, 0.717) is 11.6 Å². The maximum Gasteiger partial charge on any atom is 0.219 e. The highest BCUT2D eigenvalue weighted by Crippen LogP contribution is 2.43. The van der Waals surface area contributed by atoms with E-state index in [-0.39, 0.29) is 0 Å². The molecule has 2 aliphatic heterocycles. The van der Waals surface area contributed by atoms with Crippen LogP contribution in [0.25, 0.3) is 46.8 Å². The SMILES string of the molecule is C1=Cc2cccc(-c3cccc(-c4cccc5c4Nc4c(cccc4Oc4ccccn4)C=C5)n3)c2Nc2ccccc21. The van der Waals surface area contributed by atoms with Gasteiger partial charge in [-0.2, -0.15) is 0 Å². The van der Waals surface area contributed by atoms with Gasteiger partial charge in [-0.3, -0.25) is 0 Å². The van der Waals surface area contributed by atoms with Crippen molar-refractivity contribution in [2.24, 2.45) is 0 Å². The average Bonchev–Trinajstić information content (AvgIpc) is 3.38. The van der Waals surface area contributed by atoms with Crippen LogP contribution in [0.5, 0.6) is 11.6 Å². The minimum atomic E-state index is 0.543. The molecule has 0 radical (unpaired) electrons. The number of hydrogen-bond donors (Lipinski definition) is 2. The zero-order chi connectivity index (χ0) is 28.6. The van der Waals surface area contributed by atoms with E-state index < -0.39 is 0 Å². The monoisotopic (exact) mass is 554 g/mol. The summed E-state index contributed by atoms with van der Waals surface area (Å²) in [4.78, 5) is 9.58. The van der Waals surface area contributed by atoms with E-state index in [2.05, 4.69) is 125 Å². The number of aromatic nitrogens is 2. The molecule has 5 heteroatoms. The summed E-state index contributed by atoms with van der Waals surface area (Å²) in [6.07, 6.45) is 10.3. The number of rotatable bonds is 4. The molecule has 0 saturated carbocycles. The average molecular weight is 555 g/mol. The first-order chi connectivity index (χ1) is 21.3. The molecule has 43 heavy (non-hydrogen) atoms. The van der Waals surface area contributed by atoms with Gasteiger partial charge in [-0.1, -0.05) is 103 Å². The van der Waals surface area contributed by atoms with E-state index in [0.717, 1.165) is 67.5 Å². The quantitative estimate of drug-likeness (QED) is 0.227. The van der Waals surface area contributed by atoms with Gasteiger partial charge < -0.3 is 15.4 Å². The van der Waals surface area contributed by atoms with Crippen LogP contribution in [0, 0.1) is 0 Å². The van der Waals surface area contributed by atoms with Gasteiger partial charge in [0.1, 0.15) is 0 Å². The molecule has 5 nitrogen and oxygen atoms in total. The van der Waals surface area contributed by atoms with Gasteiger partial charge in [0, 0.05) is 34.6 Å². The summed E-state index contributed by atoms with van der Waals surface area (Å²) in [6, 6.07) is 38.9. The molecule has 204 valence electrons. The molecular weight excluding hydrogens is 528 g/mol. The maximum absolute atomic E-state index is 6.22. The highest BCUT2D eigenvalue weighted by atomic mass is 16.5. The van der Waals surface area contributed by atoms with Crippen molar-refractivity contribution in [3.05, 3.63) is 144 Å². The van der Waals surface area contributed by atoms with E-state index in [1.807, 2.05) is 30.3 Å². The van der Waals surface area contributed by atoms with E-state index in [9.17, 15) is 0 Å². The van der Waals surface area contributed by atoms with Gasteiger partial charge in [-0.05, 0) is 47.0 Å². The van der Waals surface area contributed by atoms with Gasteiger partial charge in [0.05, 0.1) is 28.5 Å². The van der Waals surface area contributed by atoms with Crippen molar-refractivity contribution < 1.29 is 4.74 Å². The van der Waals surface area contributed by atoms with Gasteiger partial charge in [0.15, 0.2) is 5.75 Å². The molecule has 0 saturated heterocycles. The fourth-order valence-electron chi connectivity index (χ4n) is 5.66. The zero-order valence-corrected chi connectivity index (χ0v) is 23.2. The molecule has 0 bridgehead atoms. The number of para-hydroxylation sites is 4. The first-order valence-corrected chi connectivity index (χ1v) is 14.3. The van der Waals surface area contributed by atoms with E-state index >= 15 is 0 Å². The number of hydrogen-bond acceptors (Lipinski definition) is 5. The molecule has 0 amide bonds. The third-order valence-electron chi connectivity index (χ3n) is 7.76. The molecule has 0 unspecified atom stereocenters. The highest BCUT2D eigenvalue weighted by molar-refractivity contribution is 5.97. The number of ether oxygens (including phenoxy) is 1. The van der Waals surface area contributed by atoms with Crippen molar-refractivity contribution in [3.63, 3.8) is 0 Å². The second kappa shape index (κ2) is 10.5. The second-order valence-corrected chi connectivity index (χ2v) is 10.4. The predicted molar refractivity (Wildman–Crippen MR) is 177 cm³/mol. The van der Waals surface area contributed by atoms with Gasteiger partial charge in [-0.15, -0.1) is 0 Å². The molecule has 2 N–H and O–H groups in total. The lowest BCUT2D eigenvalue weighted by Gasteiger charge is -2.18. The van der Waals surface area contributed by atoms with Gasteiger partial charge in [0.25, 0.3) is 0 Å². The van der Waals surface area contributed by atoms with Crippen LogP contribution in [0.3, 0.4) is 0 Å². The fourth-order valence-corrected chi connectivity index (χ4v) is 5.66. The van der Waals surface area contributed by atoms with Crippen LogP contribution in [-0.2, 0) is 0 Å². The summed E-state index contributed by atoms with van der Waals surface area (Å²) in [5.41, 5.74) is 12.2. The Morgan fingerprint density at radius 1 is 0.465 bits per heavy atom. The van der Waals surface area contributed by atoms with Crippen LogP contribution >= 0.6 is 0 Å². The van der Waals surface area contributed by atoms with Crippen molar-refractivity contribution in [2.45, 2.75) is 0 Å². The predicted octanol–water partition coefficient (Wildman–Crippen LogP) is 10.1. The smallest absolute Gasteiger partial charge is 0.219 e. The lowest BCUT2D eigenvalue weighted by atomic mass is 10.0. The first-order valence-electron chi connectivity index (χ1n) is 14.3. The number of benzene rings is 4. The minimum absolute atomic E-state index is 0.543. The third-order valence-corrected chi connectivity index (χ3v) is 7.76. The molecule has 2 aliphatic rings. The molecule has 4 aromatic carbocycles. The number of anilines is 4. The molecular formula is C38H26N4O. The molecule has 0 atom stereocenters. The summed E-state index contributed by atoms with van der Waals surface area (Å²) in [6.45, 7) is 0. The van der Waals surface area contributed by atoms with Crippen LogP contribution in [0.15, 0.2) is 121 Å². The van der Waals surface area contributed by atoms with Crippen LogP contribution < -0.4 is 15.4 Å². The van der Waals surface area contributed by atoms with Crippen molar-refractivity contribution in [2.75, 3.05) is 10.6 Å². The highest BCUT2D eigenvalue weighted by Gasteiger charge is 2.19. The van der Waals surface area contributed by atoms with Gasteiger partial charge >= 0.3 is 0 Å². The second-order valence-electron chi connectivity index (χ2n) is 10.4. The van der Waals surface area contributed by atoms with Crippen molar-refractivity contribution in [3.8, 4) is 34.1 Å². The molecule has 8 rings (SSSR count). The van der Waals surface area contributed by atoms with Crippen molar-refractivity contribution in [1.82, 2.24) is 9.97 Å². The first kappa shape index (κ1) is 24.8. The normalized spacial score (nSPS) is 12.4. The molecule has 2 aromatic heterocycles. The summed E-state index contributed by atoms with van der Waals surface area (Å²) in [7, 11) is 0. The minimum Gasteiger partial charge on any atom is -0.437 e. The van der Waals surface area contributed by atoms with Crippen LogP contribution in [-0.4, -0.2) is 9.97 Å². The van der Waals surface area contributed by atoms with E-state index in [1.54, 1.807) is 6.20 Å². The Morgan fingerprint density at radius 2 is 1.05 bits per heavy atom. The molecule has 0 aliphatic carbocycles. The lowest BCUT2D eigenvalue weighted by Crippen LogP contribution is -2.01. The molecule has 6 aromatic rings. The largest absolute Gasteiger partial charge is 0.437 e. The Hall–Kier alpha value is -5.94. The Balaban J connectivity index is 1.20. The Bertz CT molecular complexity index is 2060. The van der Waals surface area contributed by atoms with E-state index in [4.69, 9.17) is 9.72 Å². The maximum atomic E-state index is 6.22. The molecule has 0 fully saturated rings. The van der Waals surface area contributed by atoms with Gasteiger partial charge in [0.2, 0.25) is 5.88 Å². The Labute approximate surface area is 249 Å². The number of pyridine rings is 2. The summed E-state index contributed by atoms with van der Waals surface area (Å²) < 4.78 is 6.22. The lowest BCUT2D eigenvalue weighted by molar-refractivity contribution is 0.465. The number of fused-ring (bicyclic) bond motifs is 4. The Morgan fingerprint density at radius 3 is 1.77 bits per heavy atom. The number of nitrogens with zero attached hydrogens (tertiary/aromatic N) is 2.